The van der Waals surface area contributed by atoms with Gasteiger partial charge in [-0.25, -0.2) is 0 Å². The van der Waals surface area contributed by atoms with E-state index in [0.29, 0.717) is 6.54 Å². The summed E-state index contributed by atoms with van der Waals surface area (Å²) in [5.74, 6) is -0.0205. The van der Waals surface area contributed by atoms with Crippen molar-refractivity contribution in [3.05, 3.63) is 0 Å². The second kappa shape index (κ2) is 4.53. The molecule has 16 heavy (non-hydrogen) atoms. The molecule has 2 fully saturated rings. The van der Waals surface area contributed by atoms with Crippen LogP contribution in [0.4, 0.5) is 0 Å². The van der Waals surface area contributed by atoms with Crippen LogP contribution in [0.1, 0.15) is 39.0 Å². The molecule has 0 aromatic rings. The Balaban J connectivity index is 2.09. The molecule has 2 N–H and O–H groups in total. The second-order valence-corrected chi connectivity index (χ2v) is 4.95. The van der Waals surface area contributed by atoms with Gasteiger partial charge in [-0.1, -0.05) is 19.8 Å². The van der Waals surface area contributed by atoms with Crippen LogP contribution < -0.4 is 5.73 Å². The molecule has 4 nitrogen and oxygen atoms in total. The van der Waals surface area contributed by atoms with Gasteiger partial charge in [0.2, 0.25) is 11.8 Å². The Bertz CT molecular complexity index is 279. The van der Waals surface area contributed by atoms with E-state index in [1.165, 1.54) is 4.90 Å². The van der Waals surface area contributed by atoms with Crippen molar-refractivity contribution in [3.8, 4) is 0 Å². The first-order chi connectivity index (χ1) is 7.65. The van der Waals surface area contributed by atoms with Gasteiger partial charge in [-0.15, -0.1) is 0 Å². The number of rotatable bonds is 3. The van der Waals surface area contributed by atoms with Gasteiger partial charge in [0.05, 0.1) is 11.8 Å². The van der Waals surface area contributed by atoms with Crippen LogP contribution in [0.5, 0.6) is 0 Å². The highest BCUT2D eigenvalue weighted by atomic mass is 16.2. The zero-order chi connectivity index (χ0) is 11.7. The molecule has 0 spiro atoms. The number of nitrogens with two attached hydrogens (primary N) is 1. The summed E-state index contributed by atoms with van der Waals surface area (Å²) < 4.78 is 0. The fourth-order valence-electron chi connectivity index (χ4n) is 2.77. The molecule has 0 aromatic heterocycles. The largest absolute Gasteiger partial charge is 0.326 e. The van der Waals surface area contributed by atoms with Crippen LogP contribution in [0.3, 0.4) is 0 Å². The molecule has 0 bridgehead atoms. The fourth-order valence-corrected chi connectivity index (χ4v) is 2.77. The van der Waals surface area contributed by atoms with Gasteiger partial charge < -0.3 is 5.73 Å². The van der Waals surface area contributed by atoms with Gasteiger partial charge in [0.15, 0.2) is 0 Å². The van der Waals surface area contributed by atoms with Crippen molar-refractivity contribution in [2.75, 3.05) is 6.54 Å². The van der Waals surface area contributed by atoms with Crippen molar-refractivity contribution in [3.63, 3.8) is 0 Å². The first-order valence-electron chi connectivity index (χ1n) is 6.26. The molecule has 90 valence electrons. The number of hydrogen-bond acceptors (Lipinski definition) is 3. The number of imide groups is 1. The molecule has 1 saturated carbocycles. The van der Waals surface area contributed by atoms with Gasteiger partial charge in [-0.3, -0.25) is 14.5 Å². The monoisotopic (exact) mass is 224 g/mol. The summed E-state index contributed by atoms with van der Waals surface area (Å²) in [5, 5.41) is 0. The number of nitrogens with zero attached hydrogens (tertiary/aromatic N) is 1. The summed E-state index contributed by atoms with van der Waals surface area (Å²) in [6.07, 6.45) is 4.72. The van der Waals surface area contributed by atoms with E-state index in [1.807, 2.05) is 6.92 Å². The summed E-state index contributed by atoms with van der Waals surface area (Å²) in [5.41, 5.74) is 5.82. The van der Waals surface area contributed by atoms with Crippen LogP contribution >= 0.6 is 0 Å². The van der Waals surface area contributed by atoms with E-state index in [9.17, 15) is 9.59 Å². The lowest BCUT2D eigenvalue weighted by atomic mass is 9.81. The Morgan fingerprint density at radius 2 is 1.75 bits per heavy atom. The van der Waals surface area contributed by atoms with Gasteiger partial charge in [0.25, 0.3) is 0 Å². The van der Waals surface area contributed by atoms with Crippen molar-refractivity contribution in [1.82, 2.24) is 4.90 Å². The van der Waals surface area contributed by atoms with Crippen molar-refractivity contribution in [2.24, 2.45) is 17.6 Å². The lowest BCUT2D eigenvalue weighted by Gasteiger charge is -2.19. The van der Waals surface area contributed by atoms with Gasteiger partial charge in [-0.2, -0.15) is 0 Å². The first kappa shape index (κ1) is 11.6. The topological polar surface area (TPSA) is 63.4 Å². The number of hydrogen-bond donors (Lipinski definition) is 1. The van der Waals surface area contributed by atoms with Crippen LogP contribution in [0.25, 0.3) is 0 Å². The van der Waals surface area contributed by atoms with Crippen molar-refractivity contribution in [2.45, 2.75) is 45.1 Å². The highest BCUT2D eigenvalue weighted by molar-refractivity contribution is 6.05. The highest BCUT2D eigenvalue weighted by Crippen LogP contribution is 2.37. The minimum atomic E-state index is -0.0759. The van der Waals surface area contributed by atoms with Crippen LogP contribution in [-0.2, 0) is 9.59 Å². The van der Waals surface area contributed by atoms with E-state index in [-0.39, 0.29) is 29.7 Å². The molecular formula is C12H20N2O2. The molecule has 2 amide bonds. The number of fused-ring (bicyclic) bond motifs is 1. The summed E-state index contributed by atoms with van der Waals surface area (Å²) in [6.45, 7) is 2.38. The zero-order valence-corrected chi connectivity index (χ0v) is 9.82. The van der Waals surface area contributed by atoms with E-state index in [1.54, 1.807) is 0 Å². The van der Waals surface area contributed by atoms with Crippen LogP contribution in [0, 0.1) is 11.8 Å². The van der Waals surface area contributed by atoms with E-state index >= 15 is 0 Å². The summed E-state index contributed by atoms with van der Waals surface area (Å²) in [6, 6.07) is -0.0759. The molecule has 1 heterocycles. The lowest BCUT2D eigenvalue weighted by Crippen LogP contribution is -2.41. The molecule has 0 radical (unpaired) electrons. The summed E-state index contributed by atoms with van der Waals surface area (Å²) in [7, 11) is 0. The highest BCUT2D eigenvalue weighted by Gasteiger charge is 2.48. The third kappa shape index (κ3) is 1.86. The quantitative estimate of drug-likeness (QED) is 0.724. The molecule has 1 aliphatic heterocycles. The van der Waals surface area contributed by atoms with E-state index in [2.05, 4.69) is 0 Å². The average Bonchev–Trinajstić information content (AvgIpc) is 2.55. The van der Waals surface area contributed by atoms with Crippen LogP contribution in [0.2, 0.25) is 0 Å². The minimum absolute atomic E-state index is 0.0265. The molecular weight excluding hydrogens is 204 g/mol. The normalized spacial score (nSPS) is 31.8. The standard InChI is InChI=1S/C12H20N2O2/c1-2-8(13)7-14-11(15)9-5-3-4-6-10(9)12(14)16/h8-10H,2-7,13H2,1H3. The third-order valence-electron chi connectivity index (χ3n) is 3.87. The van der Waals surface area contributed by atoms with Gasteiger partial charge in [0.1, 0.15) is 0 Å². The molecule has 1 saturated heterocycles. The second-order valence-electron chi connectivity index (χ2n) is 4.95. The Morgan fingerprint density at radius 1 is 1.25 bits per heavy atom. The fraction of sp³-hybridized carbons (Fsp3) is 0.833. The third-order valence-corrected chi connectivity index (χ3v) is 3.87. The number of amides is 2. The van der Waals surface area contributed by atoms with Crippen molar-refractivity contribution in [1.29, 1.82) is 0 Å². The van der Waals surface area contributed by atoms with Crippen LogP contribution in [0.15, 0.2) is 0 Å². The SMILES string of the molecule is CCC(N)CN1C(=O)C2CCCCC2C1=O. The van der Waals surface area contributed by atoms with Gasteiger partial charge in [-0.05, 0) is 19.3 Å². The maximum absolute atomic E-state index is 12.1. The Hall–Kier alpha value is -0.900. The number of carbonyl (C=O) groups excluding carboxylic acids is 2. The summed E-state index contributed by atoms with van der Waals surface area (Å²) >= 11 is 0. The van der Waals surface area contributed by atoms with Gasteiger partial charge >= 0.3 is 0 Å². The molecule has 2 aliphatic rings. The average molecular weight is 224 g/mol. The van der Waals surface area contributed by atoms with Gasteiger partial charge in [0, 0.05) is 12.6 Å². The molecule has 0 aromatic carbocycles. The smallest absolute Gasteiger partial charge is 0.233 e. The molecule has 3 unspecified atom stereocenters. The first-order valence-corrected chi connectivity index (χ1v) is 6.26. The Morgan fingerprint density at radius 3 is 2.19 bits per heavy atom. The molecule has 4 heteroatoms. The lowest BCUT2D eigenvalue weighted by molar-refractivity contribution is -0.140. The molecule has 3 atom stereocenters. The zero-order valence-electron chi connectivity index (χ0n) is 9.82. The predicted molar refractivity (Wildman–Crippen MR) is 60.4 cm³/mol. The van der Waals surface area contributed by atoms with E-state index in [0.717, 1.165) is 32.1 Å². The Labute approximate surface area is 96.2 Å². The molecule has 2 rings (SSSR count). The number of likely N-dealkylation sites (tertiary alicyclic amines) is 1. The maximum atomic E-state index is 12.1. The van der Waals surface area contributed by atoms with Crippen LogP contribution in [-0.4, -0.2) is 29.3 Å². The maximum Gasteiger partial charge on any atom is 0.233 e. The Kier molecular flexibility index (Phi) is 3.28. The molecule has 1 aliphatic carbocycles. The predicted octanol–water partition coefficient (Wildman–Crippen LogP) is 0.899. The number of carbonyl (C=O) groups is 2. The van der Waals surface area contributed by atoms with E-state index in [4.69, 9.17) is 5.73 Å². The van der Waals surface area contributed by atoms with Crippen molar-refractivity contribution < 1.29 is 9.59 Å². The summed E-state index contributed by atoms with van der Waals surface area (Å²) in [4.78, 5) is 25.5. The minimum Gasteiger partial charge on any atom is -0.326 e. The van der Waals surface area contributed by atoms with E-state index < -0.39 is 0 Å². The van der Waals surface area contributed by atoms with Crippen molar-refractivity contribution >= 4 is 11.8 Å².